The van der Waals surface area contributed by atoms with Gasteiger partial charge in [0.1, 0.15) is 5.82 Å². The Hall–Kier alpha value is -3.15. The lowest BCUT2D eigenvalue weighted by Crippen LogP contribution is -2.31. The molecule has 6 nitrogen and oxygen atoms in total. The first-order valence-corrected chi connectivity index (χ1v) is 8.85. The summed E-state index contributed by atoms with van der Waals surface area (Å²) in [7, 11) is 0. The molecule has 132 valence electrons. The quantitative estimate of drug-likeness (QED) is 0.772. The molecule has 1 aliphatic rings. The molecule has 1 aliphatic heterocycles. The van der Waals surface area contributed by atoms with Crippen molar-refractivity contribution in [1.82, 2.24) is 9.97 Å². The van der Waals surface area contributed by atoms with Crippen molar-refractivity contribution in [2.24, 2.45) is 0 Å². The molecule has 0 atom stereocenters. The van der Waals surface area contributed by atoms with Crippen LogP contribution in [0.3, 0.4) is 0 Å². The summed E-state index contributed by atoms with van der Waals surface area (Å²) in [6.45, 7) is 1.74. The summed E-state index contributed by atoms with van der Waals surface area (Å²) in [4.78, 5) is 23.6. The molecule has 0 unspecified atom stereocenters. The Bertz CT molecular complexity index is 871. The fourth-order valence-electron chi connectivity index (χ4n) is 3.09. The van der Waals surface area contributed by atoms with E-state index in [0.29, 0.717) is 23.3 Å². The number of hydrogen-bond donors (Lipinski definition) is 1. The van der Waals surface area contributed by atoms with Crippen LogP contribution in [0.15, 0.2) is 59.1 Å². The van der Waals surface area contributed by atoms with Crippen LogP contribution in [0.25, 0.3) is 11.5 Å². The van der Waals surface area contributed by atoms with Gasteiger partial charge in [-0.25, -0.2) is 9.97 Å². The van der Waals surface area contributed by atoms with Crippen LogP contribution in [0.5, 0.6) is 0 Å². The van der Waals surface area contributed by atoms with Crippen LogP contribution in [0, 0.1) is 0 Å². The number of benzene rings is 1. The molecule has 2 aromatic heterocycles. The molecule has 1 amide bonds. The Kier molecular flexibility index (Phi) is 4.64. The fraction of sp³-hybridized carbons (Fsp3) is 0.250. The molecule has 0 spiro atoms. The Labute approximate surface area is 151 Å². The van der Waals surface area contributed by atoms with E-state index in [4.69, 9.17) is 4.42 Å². The summed E-state index contributed by atoms with van der Waals surface area (Å²) in [5, 5.41) is 2.80. The smallest absolute Gasteiger partial charge is 0.281 e. The van der Waals surface area contributed by atoms with Gasteiger partial charge in [0.25, 0.3) is 5.91 Å². The monoisotopic (exact) mass is 348 g/mol. The van der Waals surface area contributed by atoms with Gasteiger partial charge in [-0.15, -0.1) is 0 Å². The molecule has 6 heteroatoms. The molecule has 1 fully saturated rings. The van der Waals surface area contributed by atoms with E-state index in [0.717, 1.165) is 31.5 Å². The van der Waals surface area contributed by atoms with Gasteiger partial charge in [-0.2, -0.15) is 0 Å². The Morgan fingerprint density at radius 3 is 2.50 bits per heavy atom. The van der Waals surface area contributed by atoms with Crippen molar-refractivity contribution in [2.45, 2.75) is 19.3 Å². The molecule has 4 rings (SSSR count). The van der Waals surface area contributed by atoms with Gasteiger partial charge < -0.3 is 14.6 Å². The highest BCUT2D eigenvalue weighted by Crippen LogP contribution is 2.30. The summed E-state index contributed by atoms with van der Waals surface area (Å²) >= 11 is 0. The summed E-state index contributed by atoms with van der Waals surface area (Å²) in [5.74, 6) is 1.18. The van der Waals surface area contributed by atoms with Gasteiger partial charge in [0.15, 0.2) is 5.69 Å². The van der Waals surface area contributed by atoms with E-state index in [-0.39, 0.29) is 5.91 Å². The van der Waals surface area contributed by atoms with Crippen molar-refractivity contribution in [1.29, 1.82) is 0 Å². The maximum atomic E-state index is 12.8. The second kappa shape index (κ2) is 7.39. The average Bonchev–Trinajstić information content (AvgIpc) is 3.16. The first kappa shape index (κ1) is 16.3. The number of nitrogens with one attached hydrogen (secondary N) is 1. The zero-order valence-corrected chi connectivity index (χ0v) is 14.4. The van der Waals surface area contributed by atoms with Crippen molar-refractivity contribution in [3.05, 3.63) is 60.4 Å². The van der Waals surface area contributed by atoms with E-state index in [9.17, 15) is 4.79 Å². The third-order valence-electron chi connectivity index (χ3n) is 4.39. The number of pyridine rings is 1. The minimum absolute atomic E-state index is 0.302. The topological polar surface area (TPSA) is 71.3 Å². The second-order valence-corrected chi connectivity index (χ2v) is 6.26. The first-order valence-electron chi connectivity index (χ1n) is 8.85. The van der Waals surface area contributed by atoms with Crippen LogP contribution in [0.1, 0.15) is 29.8 Å². The number of nitrogens with zero attached hydrogens (tertiary/aromatic N) is 3. The molecule has 0 saturated carbocycles. The molecule has 3 aromatic rings. The van der Waals surface area contributed by atoms with Crippen molar-refractivity contribution >= 4 is 17.6 Å². The summed E-state index contributed by atoms with van der Waals surface area (Å²) in [6, 6.07) is 15.0. The number of rotatable bonds is 4. The summed E-state index contributed by atoms with van der Waals surface area (Å²) in [6.07, 6.45) is 5.01. The number of carbonyl (C=O) groups is 1. The van der Waals surface area contributed by atoms with Gasteiger partial charge in [0, 0.05) is 24.8 Å². The van der Waals surface area contributed by atoms with Crippen molar-refractivity contribution < 1.29 is 9.21 Å². The minimum atomic E-state index is -0.310. The van der Waals surface area contributed by atoms with Gasteiger partial charge in [-0.3, -0.25) is 4.79 Å². The van der Waals surface area contributed by atoms with Crippen molar-refractivity contribution in [3.63, 3.8) is 0 Å². The van der Waals surface area contributed by atoms with Gasteiger partial charge in [-0.1, -0.05) is 24.3 Å². The average molecular weight is 348 g/mol. The molecule has 0 bridgehead atoms. The highest BCUT2D eigenvalue weighted by molar-refractivity contribution is 6.05. The predicted molar refractivity (Wildman–Crippen MR) is 100 cm³/mol. The number of piperidine rings is 1. The third kappa shape index (κ3) is 3.44. The molecule has 0 radical (unpaired) electrons. The normalized spacial score (nSPS) is 14.2. The molecule has 3 heterocycles. The molecular formula is C20H20N4O2. The van der Waals surface area contributed by atoms with Crippen LogP contribution in [-0.4, -0.2) is 29.0 Å². The van der Waals surface area contributed by atoms with Crippen LogP contribution in [0.4, 0.5) is 11.7 Å². The van der Waals surface area contributed by atoms with Gasteiger partial charge in [0.05, 0.1) is 0 Å². The number of anilines is 2. The van der Waals surface area contributed by atoms with Gasteiger partial charge in [0.2, 0.25) is 11.8 Å². The predicted octanol–water partition coefficient (Wildman–Crippen LogP) is 3.98. The number of amides is 1. The fourth-order valence-corrected chi connectivity index (χ4v) is 3.09. The van der Waals surface area contributed by atoms with E-state index in [1.807, 2.05) is 36.4 Å². The highest BCUT2D eigenvalue weighted by Gasteiger charge is 2.26. The van der Waals surface area contributed by atoms with Crippen molar-refractivity contribution in [3.8, 4) is 11.5 Å². The van der Waals surface area contributed by atoms with Crippen LogP contribution in [0.2, 0.25) is 0 Å². The van der Waals surface area contributed by atoms with Crippen LogP contribution in [-0.2, 0) is 0 Å². The number of hydrogen-bond acceptors (Lipinski definition) is 5. The molecule has 1 saturated heterocycles. The maximum Gasteiger partial charge on any atom is 0.281 e. The maximum absolute atomic E-state index is 12.8. The summed E-state index contributed by atoms with van der Waals surface area (Å²) in [5.41, 5.74) is 1.15. The van der Waals surface area contributed by atoms with E-state index in [1.165, 1.54) is 6.42 Å². The number of oxazole rings is 1. The first-order chi connectivity index (χ1) is 12.8. The van der Waals surface area contributed by atoms with Crippen LogP contribution >= 0.6 is 0 Å². The molecule has 1 N–H and O–H groups in total. The van der Waals surface area contributed by atoms with E-state index in [1.54, 1.807) is 18.3 Å². The highest BCUT2D eigenvalue weighted by atomic mass is 16.4. The third-order valence-corrected chi connectivity index (χ3v) is 4.39. The Morgan fingerprint density at radius 1 is 1.00 bits per heavy atom. The second-order valence-electron chi connectivity index (χ2n) is 6.26. The molecule has 1 aromatic carbocycles. The number of carbonyl (C=O) groups excluding carboxylic acids is 1. The van der Waals surface area contributed by atoms with E-state index < -0.39 is 0 Å². The Balaban J connectivity index is 1.69. The zero-order valence-electron chi connectivity index (χ0n) is 14.4. The van der Waals surface area contributed by atoms with Crippen molar-refractivity contribution in [2.75, 3.05) is 23.3 Å². The lowest BCUT2D eigenvalue weighted by Gasteiger charge is -2.26. The van der Waals surface area contributed by atoms with Gasteiger partial charge >= 0.3 is 0 Å². The number of aromatic nitrogens is 2. The molecule has 0 aliphatic carbocycles. The Morgan fingerprint density at radius 2 is 1.77 bits per heavy atom. The largest absolute Gasteiger partial charge is 0.420 e. The lowest BCUT2D eigenvalue weighted by molar-refractivity contribution is 0.102. The minimum Gasteiger partial charge on any atom is -0.420 e. The SMILES string of the molecule is O=C(Nc1ccccn1)c1nc(-c2ccccc2)oc1N1CCCCC1. The lowest BCUT2D eigenvalue weighted by atomic mass is 10.1. The zero-order chi connectivity index (χ0) is 17.8. The van der Waals surface area contributed by atoms with Gasteiger partial charge in [-0.05, 0) is 43.5 Å². The van der Waals surface area contributed by atoms with E-state index >= 15 is 0 Å². The van der Waals surface area contributed by atoms with Crippen LogP contribution < -0.4 is 10.2 Å². The summed E-state index contributed by atoms with van der Waals surface area (Å²) < 4.78 is 6.03. The van der Waals surface area contributed by atoms with E-state index in [2.05, 4.69) is 20.2 Å². The standard InChI is InChI=1S/C20H20N4O2/c25-18(22-16-11-5-6-12-21-16)17-20(24-13-7-2-8-14-24)26-19(23-17)15-9-3-1-4-10-15/h1,3-6,9-12H,2,7-8,13-14H2,(H,21,22,25). The molecular weight excluding hydrogens is 328 g/mol. The molecule has 26 heavy (non-hydrogen) atoms.